The van der Waals surface area contributed by atoms with Gasteiger partial charge in [-0.2, -0.15) is 0 Å². The highest BCUT2D eigenvalue weighted by Crippen LogP contribution is 2.22. The maximum absolute atomic E-state index is 12.5. The average molecular weight is 445 g/mol. The molecule has 0 spiro atoms. The molecule has 1 N–H and O–H groups in total. The van der Waals surface area contributed by atoms with Crippen molar-refractivity contribution in [1.29, 1.82) is 0 Å². The molecule has 1 amide bonds. The minimum absolute atomic E-state index is 0.0878. The summed E-state index contributed by atoms with van der Waals surface area (Å²) in [6.45, 7) is 4.42. The zero-order valence-corrected chi connectivity index (χ0v) is 18.6. The lowest BCUT2D eigenvalue weighted by molar-refractivity contribution is -0.113. The van der Waals surface area contributed by atoms with Crippen molar-refractivity contribution in [3.05, 3.63) is 90.8 Å². The standard InChI is InChI=1S/C25H24N4O2S/c1-3-14-29-23(15-18-8-12-22(31-2)13-9-18)27-28-25(29)32-17-24(30)26-21-11-10-19-6-4-5-7-20(19)16-21/h3-13,16H,1,14-15,17H2,2H3,(H,26,30). The molecule has 0 radical (unpaired) electrons. The summed E-state index contributed by atoms with van der Waals surface area (Å²) in [7, 11) is 1.65. The van der Waals surface area contributed by atoms with Gasteiger partial charge in [0.1, 0.15) is 11.6 Å². The van der Waals surface area contributed by atoms with Gasteiger partial charge in [-0.05, 0) is 40.6 Å². The largest absolute Gasteiger partial charge is 0.497 e. The fourth-order valence-corrected chi connectivity index (χ4v) is 4.16. The van der Waals surface area contributed by atoms with Crippen LogP contribution in [-0.2, 0) is 17.8 Å². The van der Waals surface area contributed by atoms with Crippen molar-refractivity contribution in [3.8, 4) is 5.75 Å². The number of aromatic nitrogens is 3. The van der Waals surface area contributed by atoms with Gasteiger partial charge in [0.05, 0.1) is 12.9 Å². The van der Waals surface area contributed by atoms with Crippen LogP contribution in [0.4, 0.5) is 5.69 Å². The number of ether oxygens (including phenoxy) is 1. The van der Waals surface area contributed by atoms with Gasteiger partial charge in [0.25, 0.3) is 0 Å². The SMILES string of the molecule is C=CCn1c(Cc2ccc(OC)cc2)nnc1SCC(=O)Nc1ccc2ccccc2c1. The van der Waals surface area contributed by atoms with E-state index in [1.54, 1.807) is 13.2 Å². The normalized spacial score (nSPS) is 10.8. The topological polar surface area (TPSA) is 69.0 Å². The number of methoxy groups -OCH3 is 1. The molecule has 4 aromatic rings. The lowest BCUT2D eigenvalue weighted by atomic mass is 10.1. The number of anilines is 1. The molecule has 162 valence electrons. The summed E-state index contributed by atoms with van der Waals surface area (Å²) in [6, 6.07) is 21.8. The van der Waals surface area contributed by atoms with Crippen LogP contribution >= 0.6 is 11.8 Å². The van der Waals surface area contributed by atoms with Crippen LogP contribution < -0.4 is 10.1 Å². The predicted octanol–water partition coefficient (Wildman–Crippen LogP) is 4.95. The van der Waals surface area contributed by atoms with Crippen LogP contribution in [0.5, 0.6) is 5.75 Å². The highest BCUT2D eigenvalue weighted by Gasteiger charge is 2.14. The molecule has 0 saturated heterocycles. The average Bonchev–Trinajstić information content (AvgIpc) is 3.19. The second-order valence-electron chi connectivity index (χ2n) is 7.22. The molecule has 4 rings (SSSR count). The second-order valence-corrected chi connectivity index (χ2v) is 8.16. The van der Waals surface area contributed by atoms with Crippen LogP contribution in [0.15, 0.2) is 84.5 Å². The Balaban J connectivity index is 1.41. The van der Waals surface area contributed by atoms with Gasteiger partial charge in [-0.15, -0.1) is 16.8 Å². The maximum atomic E-state index is 12.5. The van der Waals surface area contributed by atoms with Crippen LogP contribution in [0.2, 0.25) is 0 Å². The molecule has 32 heavy (non-hydrogen) atoms. The molecule has 0 aliphatic carbocycles. The molecule has 0 bridgehead atoms. The first-order chi connectivity index (χ1) is 15.7. The molecule has 0 unspecified atom stereocenters. The van der Waals surface area contributed by atoms with Crippen LogP contribution in [0, 0.1) is 0 Å². The summed E-state index contributed by atoms with van der Waals surface area (Å²) >= 11 is 1.36. The molecule has 1 heterocycles. The van der Waals surface area contributed by atoms with Gasteiger partial charge in [0.2, 0.25) is 5.91 Å². The second kappa shape index (κ2) is 10.2. The van der Waals surface area contributed by atoms with E-state index >= 15 is 0 Å². The number of carbonyl (C=O) groups is 1. The summed E-state index contributed by atoms with van der Waals surface area (Å²) in [5.41, 5.74) is 1.89. The van der Waals surface area contributed by atoms with E-state index in [-0.39, 0.29) is 11.7 Å². The van der Waals surface area contributed by atoms with Crippen molar-refractivity contribution in [2.24, 2.45) is 0 Å². The van der Waals surface area contributed by atoms with E-state index in [4.69, 9.17) is 4.74 Å². The molecule has 1 aromatic heterocycles. The fraction of sp³-hybridized carbons (Fsp3) is 0.160. The number of amides is 1. The zero-order valence-electron chi connectivity index (χ0n) is 17.8. The van der Waals surface area contributed by atoms with Gasteiger partial charge < -0.3 is 14.6 Å². The number of carbonyl (C=O) groups excluding carboxylic acids is 1. The molecule has 0 aliphatic heterocycles. The highest BCUT2D eigenvalue weighted by molar-refractivity contribution is 7.99. The minimum Gasteiger partial charge on any atom is -0.497 e. The summed E-state index contributed by atoms with van der Waals surface area (Å²) in [5, 5.41) is 14.5. The highest BCUT2D eigenvalue weighted by atomic mass is 32.2. The van der Waals surface area contributed by atoms with Crippen molar-refractivity contribution in [2.45, 2.75) is 18.1 Å². The van der Waals surface area contributed by atoms with Crippen LogP contribution in [0.25, 0.3) is 10.8 Å². The Morgan fingerprint density at radius 1 is 1.09 bits per heavy atom. The number of benzene rings is 3. The van der Waals surface area contributed by atoms with Crippen LogP contribution in [-0.4, -0.2) is 33.5 Å². The number of nitrogens with one attached hydrogen (secondary N) is 1. The van der Waals surface area contributed by atoms with Gasteiger partial charge >= 0.3 is 0 Å². The van der Waals surface area contributed by atoms with E-state index < -0.39 is 0 Å². The van der Waals surface area contributed by atoms with Crippen LogP contribution in [0.3, 0.4) is 0 Å². The van der Waals surface area contributed by atoms with E-state index in [0.717, 1.165) is 33.6 Å². The summed E-state index contributed by atoms with van der Waals surface area (Å²) in [5.74, 6) is 1.79. The molecule has 0 saturated carbocycles. The smallest absolute Gasteiger partial charge is 0.234 e. The number of allylic oxidation sites excluding steroid dienone is 1. The number of thioether (sulfide) groups is 1. The molecule has 6 nitrogen and oxygen atoms in total. The first kappa shape index (κ1) is 21.6. The van der Waals surface area contributed by atoms with Crippen molar-refractivity contribution in [1.82, 2.24) is 14.8 Å². The maximum Gasteiger partial charge on any atom is 0.234 e. The Hall–Kier alpha value is -3.58. The van der Waals surface area contributed by atoms with Crippen molar-refractivity contribution in [2.75, 3.05) is 18.2 Å². The molecule has 0 aliphatic rings. The summed E-state index contributed by atoms with van der Waals surface area (Å²) < 4.78 is 7.21. The van der Waals surface area contributed by atoms with Gasteiger partial charge in [-0.1, -0.05) is 60.3 Å². The molecule has 7 heteroatoms. The van der Waals surface area contributed by atoms with Gasteiger partial charge in [0.15, 0.2) is 5.16 Å². The number of nitrogens with zero attached hydrogens (tertiary/aromatic N) is 3. The molecule has 0 atom stereocenters. The Kier molecular flexibility index (Phi) is 6.87. The van der Waals surface area contributed by atoms with E-state index in [0.29, 0.717) is 18.1 Å². The third kappa shape index (κ3) is 5.18. The molecular formula is C25H24N4O2S. The molecular weight excluding hydrogens is 420 g/mol. The Bertz CT molecular complexity index is 1230. The quantitative estimate of drug-likeness (QED) is 0.292. The first-order valence-corrected chi connectivity index (χ1v) is 11.2. The van der Waals surface area contributed by atoms with E-state index in [1.165, 1.54) is 11.8 Å². The fourth-order valence-electron chi connectivity index (χ4n) is 3.39. The van der Waals surface area contributed by atoms with Gasteiger partial charge in [-0.25, -0.2) is 0 Å². The lowest BCUT2D eigenvalue weighted by Gasteiger charge is -2.09. The summed E-state index contributed by atoms with van der Waals surface area (Å²) in [4.78, 5) is 12.5. The van der Waals surface area contributed by atoms with Gasteiger partial charge in [-0.3, -0.25) is 4.79 Å². The third-order valence-corrected chi connectivity index (χ3v) is 5.96. The third-order valence-electron chi connectivity index (χ3n) is 4.99. The van der Waals surface area contributed by atoms with Crippen molar-refractivity contribution < 1.29 is 9.53 Å². The number of hydrogen-bond acceptors (Lipinski definition) is 5. The van der Waals surface area contributed by atoms with E-state index in [9.17, 15) is 4.79 Å². The lowest BCUT2D eigenvalue weighted by Crippen LogP contribution is -2.14. The van der Waals surface area contributed by atoms with Gasteiger partial charge in [0, 0.05) is 18.7 Å². The van der Waals surface area contributed by atoms with Crippen LogP contribution in [0.1, 0.15) is 11.4 Å². The van der Waals surface area contributed by atoms with E-state index in [1.807, 2.05) is 71.3 Å². The van der Waals surface area contributed by atoms with E-state index in [2.05, 4.69) is 22.1 Å². The monoisotopic (exact) mass is 444 g/mol. The predicted molar refractivity (Wildman–Crippen MR) is 129 cm³/mol. The Morgan fingerprint density at radius 2 is 1.88 bits per heavy atom. The minimum atomic E-state index is -0.0878. The summed E-state index contributed by atoms with van der Waals surface area (Å²) in [6.07, 6.45) is 2.44. The Labute approximate surface area is 191 Å². The first-order valence-electron chi connectivity index (χ1n) is 10.2. The zero-order chi connectivity index (χ0) is 22.3. The van der Waals surface area contributed by atoms with Crippen molar-refractivity contribution in [3.63, 3.8) is 0 Å². The Morgan fingerprint density at radius 3 is 2.62 bits per heavy atom. The molecule has 0 fully saturated rings. The number of hydrogen-bond donors (Lipinski definition) is 1. The number of fused-ring (bicyclic) bond motifs is 1. The molecule has 3 aromatic carbocycles. The van der Waals surface area contributed by atoms with Crippen molar-refractivity contribution >= 4 is 34.1 Å². The number of rotatable bonds is 9.